The molecule has 1 atom stereocenters. The van der Waals surface area contributed by atoms with Gasteiger partial charge in [-0.25, -0.2) is 0 Å². The van der Waals surface area contributed by atoms with Crippen LogP contribution in [0.3, 0.4) is 0 Å². The fourth-order valence-corrected chi connectivity index (χ4v) is 9.25. The topological polar surface area (TPSA) is 3.24 Å². The van der Waals surface area contributed by atoms with Gasteiger partial charge in [0.25, 0.3) is 6.71 Å². The first kappa shape index (κ1) is 22.7. The summed E-state index contributed by atoms with van der Waals surface area (Å²) in [6.07, 6.45) is 0. The highest BCUT2D eigenvalue weighted by Crippen LogP contribution is 2.49. The van der Waals surface area contributed by atoms with Crippen LogP contribution in [0.1, 0.15) is 153 Å². The second-order valence-corrected chi connectivity index (χ2v) is 20.4. The smallest absolute Gasteiger partial charge is 0.260 e. The van der Waals surface area contributed by atoms with Gasteiger partial charge in [0.2, 0.25) is 0 Å². The molecule has 7 aromatic rings. The summed E-state index contributed by atoms with van der Waals surface area (Å²) in [7, 11) is 0. The Morgan fingerprint density at radius 2 is 1.19 bits per heavy atom. The van der Waals surface area contributed by atoms with Crippen LogP contribution in [0.25, 0.3) is 10.1 Å². The first-order chi connectivity index (χ1) is 35.3. The molecular formula is C54H55BClNS. The van der Waals surface area contributed by atoms with Gasteiger partial charge in [-0.1, -0.05) is 184 Å². The minimum absolute atomic E-state index is 0.00686. The highest BCUT2D eigenvalue weighted by molar-refractivity contribution is 7.33. The Morgan fingerprint density at radius 1 is 0.603 bits per heavy atom. The molecule has 0 spiro atoms. The Labute approximate surface area is 382 Å². The number of thiophene rings is 1. The molecule has 9 rings (SSSR count). The van der Waals surface area contributed by atoms with E-state index in [1.54, 1.807) is 62.3 Å². The van der Waals surface area contributed by atoms with Crippen molar-refractivity contribution < 1.29 is 26.0 Å². The third-order valence-electron chi connectivity index (χ3n) is 11.2. The van der Waals surface area contributed by atoms with Gasteiger partial charge in [0.15, 0.2) is 0 Å². The fourth-order valence-electron chi connectivity index (χ4n) is 7.81. The molecule has 1 aromatic heterocycles. The van der Waals surface area contributed by atoms with E-state index in [4.69, 9.17) is 18.5 Å². The van der Waals surface area contributed by atoms with E-state index in [1.807, 2.05) is 0 Å². The SMILES string of the molecule is [2H]c1c([2H])c([2H])c(C(C)(C)c2c([2H])c([2H])c3c(c2[2H])C(c2c([2H])c([2H])c(C(C)(C)C)c([2H])c2[2H])c2cc(Cl)cc4c2B3c2sc3c([2H])c([2H])c(C(C)(C)C)c([2H])c3c2N4c2c([2H])c([2H])c(C(C)(C)C)c([2H])c2[2H])c([2H])c1[2H]. The first-order valence-electron chi connectivity index (χ1n) is 28.9. The van der Waals surface area contributed by atoms with Crippen molar-refractivity contribution >= 4 is 72.5 Å². The third-order valence-corrected chi connectivity index (χ3v) is 12.5. The van der Waals surface area contributed by atoms with E-state index in [9.17, 15) is 19.2 Å². The fraction of sp³-hybridized carbons (Fsp3) is 0.296. The summed E-state index contributed by atoms with van der Waals surface area (Å²) in [4.78, 5) is 1.47. The van der Waals surface area contributed by atoms with Crippen molar-refractivity contribution in [1.82, 2.24) is 0 Å². The van der Waals surface area contributed by atoms with E-state index in [0.29, 0.717) is 0 Å². The Kier molecular flexibility index (Phi) is 5.28. The second-order valence-electron chi connectivity index (χ2n) is 18.9. The summed E-state index contributed by atoms with van der Waals surface area (Å²) < 4.78 is 181. The van der Waals surface area contributed by atoms with Gasteiger partial charge in [-0.2, -0.15) is 0 Å². The number of benzene rings is 6. The molecule has 0 bridgehead atoms. The zero-order chi connectivity index (χ0) is 57.6. The monoisotopic (exact) mass is 815 g/mol. The molecule has 0 fully saturated rings. The van der Waals surface area contributed by atoms with Gasteiger partial charge in [0.05, 0.1) is 31.7 Å². The first-order valence-corrected chi connectivity index (χ1v) is 20.6. The third kappa shape index (κ3) is 6.36. The minimum atomic E-state index is -1.81. The van der Waals surface area contributed by atoms with Gasteiger partial charge in [-0.15, -0.1) is 11.3 Å². The standard InChI is InChI=1S/C54H55BClNS/c1-51(2,3)34-19-17-33(18-20-34)47-41-30-38(54(10,11)36-15-13-12-14-16-36)23-27-44(41)55-48-43(47)31-39(56)32-45(48)57(40-25-21-35(22-26-40)52(4,5)6)49-42-29-37(53(7,8)9)24-28-46(42)58-50(49)55/h12-32,47H,1-11H3/i12D,13D,14D,15D,16D,17D,18D,19D,20D,21D,22D,23D,24D,25D,26D,27D,28D,29D,30D. The van der Waals surface area contributed by atoms with Crippen LogP contribution < -0.4 is 20.6 Å². The van der Waals surface area contributed by atoms with E-state index < -0.39 is 107 Å². The van der Waals surface area contributed by atoms with Crippen LogP contribution in [0.4, 0.5) is 17.1 Å². The molecule has 0 amide bonds. The molecule has 292 valence electrons. The zero-order valence-corrected chi connectivity index (χ0v) is 36.1. The Hall–Kier alpha value is -4.57. The van der Waals surface area contributed by atoms with Crippen LogP contribution in [0.15, 0.2) is 127 Å². The summed E-state index contributed by atoms with van der Waals surface area (Å²) in [5.74, 6) is -1.54. The van der Waals surface area contributed by atoms with E-state index in [1.165, 1.54) is 30.9 Å². The lowest BCUT2D eigenvalue weighted by Crippen LogP contribution is -2.61. The molecule has 2 aliphatic heterocycles. The van der Waals surface area contributed by atoms with Crippen molar-refractivity contribution in [3.05, 3.63) is 176 Å². The van der Waals surface area contributed by atoms with Crippen LogP contribution in [0.5, 0.6) is 0 Å². The molecule has 1 unspecified atom stereocenters. The average molecular weight is 815 g/mol. The van der Waals surface area contributed by atoms with Crippen LogP contribution in [-0.2, 0) is 21.7 Å². The molecule has 0 aliphatic carbocycles. The van der Waals surface area contributed by atoms with Crippen molar-refractivity contribution in [2.24, 2.45) is 0 Å². The second kappa shape index (κ2) is 13.5. The number of hydrogen-bond donors (Lipinski definition) is 0. The van der Waals surface area contributed by atoms with Gasteiger partial charge in [-0.3, -0.25) is 0 Å². The summed E-state index contributed by atoms with van der Waals surface area (Å²) in [6.45, 7) is 17.6. The zero-order valence-electron chi connectivity index (χ0n) is 53.5. The van der Waals surface area contributed by atoms with Gasteiger partial charge in [0.1, 0.15) is 0 Å². The van der Waals surface area contributed by atoms with E-state index in [0.717, 1.165) is 11.3 Å². The number of nitrogens with zero attached hydrogens (tertiary/aromatic N) is 1. The van der Waals surface area contributed by atoms with Gasteiger partial charge in [0, 0.05) is 42.6 Å². The van der Waals surface area contributed by atoms with Crippen molar-refractivity contribution in [3.63, 3.8) is 0 Å². The van der Waals surface area contributed by atoms with Crippen molar-refractivity contribution in [1.29, 1.82) is 0 Å². The number of anilines is 3. The lowest BCUT2D eigenvalue weighted by Gasteiger charge is -2.42. The molecule has 6 aromatic carbocycles. The van der Waals surface area contributed by atoms with Crippen LogP contribution in [0, 0.1) is 0 Å². The summed E-state index contributed by atoms with van der Waals surface area (Å²) in [5.41, 5.74) is -4.56. The van der Waals surface area contributed by atoms with Crippen molar-refractivity contribution in [3.8, 4) is 0 Å². The maximum atomic E-state index is 10.5. The van der Waals surface area contributed by atoms with Crippen LogP contribution in [0.2, 0.25) is 5.02 Å². The Morgan fingerprint density at radius 3 is 1.81 bits per heavy atom. The molecule has 0 saturated heterocycles. The summed E-state index contributed by atoms with van der Waals surface area (Å²) >= 11 is 8.29. The van der Waals surface area contributed by atoms with E-state index in [-0.39, 0.29) is 135 Å². The predicted molar refractivity (Wildman–Crippen MR) is 255 cm³/mol. The minimum Gasteiger partial charge on any atom is -0.310 e. The molecule has 0 saturated carbocycles. The van der Waals surface area contributed by atoms with E-state index in [2.05, 4.69) is 0 Å². The lowest BCUT2D eigenvalue weighted by molar-refractivity contribution is 0.589. The van der Waals surface area contributed by atoms with Crippen molar-refractivity contribution in [2.75, 3.05) is 4.90 Å². The average Bonchev–Trinajstić information content (AvgIpc) is 3.90. The molecule has 2 aliphatic rings. The van der Waals surface area contributed by atoms with Gasteiger partial charge < -0.3 is 4.90 Å². The Bertz CT molecular complexity index is 3740. The molecule has 1 nitrogen and oxygen atoms in total. The van der Waals surface area contributed by atoms with Gasteiger partial charge in [-0.05, 0) is 103 Å². The quantitative estimate of drug-likeness (QED) is 0.160. The molecule has 4 heteroatoms. The van der Waals surface area contributed by atoms with Crippen LogP contribution >= 0.6 is 22.9 Å². The molecule has 0 radical (unpaired) electrons. The molecule has 3 heterocycles. The maximum absolute atomic E-state index is 10.5. The highest BCUT2D eigenvalue weighted by atomic mass is 35.5. The molecular weight excluding hydrogens is 741 g/mol. The number of rotatable bonds is 4. The van der Waals surface area contributed by atoms with Gasteiger partial charge >= 0.3 is 0 Å². The molecule has 58 heavy (non-hydrogen) atoms. The number of hydrogen-bond acceptors (Lipinski definition) is 2. The summed E-state index contributed by atoms with van der Waals surface area (Å²) in [5, 5.41) is 0.108. The number of fused-ring (bicyclic) bond motifs is 6. The molecule has 0 N–H and O–H groups in total. The highest BCUT2D eigenvalue weighted by Gasteiger charge is 2.46. The largest absolute Gasteiger partial charge is 0.310 e. The predicted octanol–water partition coefficient (Wildman–Crippen LogP) is 13.6. The maximum Gasteiger partial charge on any atom is 0.260 e. The normalized spacial score (nSPS) is 19.9. The number of halogens is 1. The Balaban J connectivity index is 1.57. The van der Waals surface area contributed by atoms with Crippen LogP contribution in [-0.4, -0.2) is 6.71 Å². The summed E-state index contributed by atoms with van der Waals surface area (Å²) in [6, 6.07) is -5.76. The van der Waals surface area contributed by atoms with E-state index >= 15 is 0 Å². The lowest BCUT2D eigenvalue weighted by atomic mass is 9.33. The van der Waals surface area contributed by atoms with Crippen molar-refractivity contribution in [2.45, 2.75) is 104 Å².